The molecule has 1 unspecified atom stereocenters. The molecule has 1 aliphatic rings. The minimum absolute atomic E-state index is 0.106. The molecule has 126 valence electrons. The van der Waals surface area contributed by atoms with Gasteiger partial charge in [0.05, 0.1) is 12.2 Å². The van der Waals surface area contributed by atoms with E-state index in [9.17, 15) is 4.79 Å². The van der Waals surface area contributed by atoms with Crippen molar-refractivity contribution in [1.29, 1.82) is 0 Å². The van der Waals surface area contributed by atoms with Crippen LogP contribution in [-0.2, 0) is 4.79 Å². The molecule has 2 aromatic carbocycles. The average Bonchev–Trinajstić information content (AvgIpc) is 2.57. The van der Waals surface area contributed by atoms with Crippen molar-refractivity contribution >= 4 is 34.6 Å². The number of ether oxygens (including phenoxy) is 1. The highest BCUT2D eigenvalue weighted by Crippen LogP contribution is 2.34. The Kier molecular flexibility index (Phi) is 4.53. The lowest BCUT2D eigenvalue weighted by atomic mass is 10.1. The highest BCUT2D eigenvalue weighted by atomic mass is 35.5. The predicted molar refractivity (Wildman–Crippen MR) is 98.0 cm³/mol. The summed E-state index contributed by atoms with van der Waals surface area (Å²) in [5, 5.41) is 3.54. The summed E-state index contributed by atoms with van der Waals surface area (Å²) in [4.78, 5) is 14.6. The predicted octanol–water partition coefficient (Wildman–Crippen LogP) is 3.46. The maximum atomic E-state index is 12.6. The van der Waals surface area contributed by atoms with Crippen LogP contribution >= 0.6 is 11.6 Å². The monoisotopic (exact) mass is 345 g/mol. The molecule has 1 atom stereocenters. The molecule has 1 heterocycles. The van der Waals surface area contributed by atoms with Crippen LogP contribution in [0.2, 0.25) is 5.02 Å². The molecule has 3 rings (SSSR count). The van der Waals surface area contributed by atoms with Crippen molar-refractivity contribution < 1.29 is 9.53 Å². The molecule has 1 aliphatic heterocycles. The van der Waals surface area contributed by atoms with E-state index >= 15 is 0 Å². The normalized spacial score (nSPS) is 14.5. The second-order valence-electron chi connectivity index (χ2n) is 5.90. The van der Waals surface area contributed by atoms with Crippen LogP contribution in [0.15, 0.2) is 36.4 Å². The van der Waals surface area contributed by atoms with E-state index in [0.717, 1.165) is 17.0 Å². The molecule has 0 bridgehead atoms. The Hall–Kier alpha value is -2.40. The number of fused-ring (bicyclic) bond motifs is 1. The lowest BCUT2D eigenvalue weighted by Crippen LogP contribution is -2.46. The van der Waals surface area contributed by atoms with Gasteiger partial charge in [0.25, 0.3) is 0 Å². The fourth-order valence-corrected chi connectivity index (χ4v) is 2.90. The van der Waals surface area contributed by atoms with Crippen LogP contribution < -0.4 is 20.7 Å². The standard InChI is InChI=1S/C18H20ClN3O2/c1-11-3-5-14(10-15(11)19)21-18(23)12(2)22-7-8-24-17-6-4-13(20)9-16(17)22/h3-6,9-10,12H,7-8,20H2,1-2H3,(H,21,23). The summed E-state index contributed by atoms with van der Waals surface area (Å²) in [5.74, 6) is 0.638. The van der Waals surface area contributed by atoms with Gasteiger partial charge in [0.15, 0.2) is 0 Å². The molecule has 0 radical (unpaired) electrons. The number of nitrogens with two attached hydrogens (primary N) is 1. The van der Waals surface area contributed by atoms with Gasteiger partial charge in [-0.15, -0.1) is 0 Å². The third-order valence-corrected chi connectivity index (χ3v) is 4.58. The number of halogens is 1. The van der Waals surface area contributed by atoms with Crippen LogP contribution in [0.5, 0.6) is 5.75 Å². The van der Waals surface area contributed by atoms with Gasteiger partial charge in [0.2, 0.25) is 5.91 Å². The first-order valence-electron chi connectivity index (χ1n) is 7.81. The third kappa shape index (κ3) is 3.26. The number of benzene rings is 2. The van der Waals surface area contributed by atoms with Crippen LogP contribution in [0.4, 0.5) is 17.1 Å². The Morgan fingerprint density at radius 2 is 2.12 bits per heavy atom. The fourth-order valence-electron chi connectivity index (χ4n) is 2.72. The Morgan fingerprint density at radius 1 is 1.33 bits per heavy atom. The van der Waals surface area contributed by atoms with E-state index < -0.39 is 0 Å². The van der Waals surface area contributed by atoms with Gasteiger partial charge < -0.3 is 20.7 Å². The minimum atomic E-state index is -0.366. The molecule has 0 saturated carbocycles. The van der Waals surface area contributed by atoms with Crippen LogP contribution in [0, 0.1) is 6.92 Å². The molecule has 24 heavy (non-hydrogen) atoms. The molecule has 0 fully saturated rings. The molecular weight excluding hydrogens is 326 g/mol. The van der Waals surface area contributed by atoms with Crippen LogP contribution in [0.1, 0.15) is 12.5 Å². The molecule has 1 amide bonds. The lowest BCUT2D eigenvalue weighted by molar-refractivity contribution is -0.117. The van der Waals surface area contributed by atoms with Gasteiger partial charge in [-0.05, 0) is 49.7 Å². The van der Waals surface area contributed by atoms with Crippen molar-refractivity contribution in [2.45, 2.75) is 19.9 Å². The van der Waals surface area contributed by atoms with E-state index in [1.165, 1.54) is 0 Å². The number of rotatable bonds is 3. The summed E-state index contributed by atoms with van der Waals surface area (Å²) in [5.41, 5.74) is 9.01. The first-order chi connectivity index (χ1) is 11.5. The first kappa shape index (κ1) is 16.5. The summed E-state index contributed by atoms with van der Waals surface area (Å²) in [6.45, 7) is 4.94. The van der Waals surface area contributed by atoms with E-state index in [-0.39, 0.29) is 11.9 Å². The third-order valence-electron chi connectivity index (χ3n) is 4.17. The number of carbonyl (C=O) groups excluding carboxylic acids is 1. The maximum absolute atomic E-state index is 12.6. The van der Waals surface area contributed by atoms with Gasteiger partial charge in [0, 0.05) is 16.4 Å². The van der Waals surface area contributed by atoms with Gasteiger partial charge in [-0.2, -0.15) is 0 Å². The number of anilines is 3. The summed E-state index contributed by atoms with van der Waals surface area (Å²) in [7, 11) is 0. The number of amides is 1. The summed E-state index contributed by atoms with van der Waals surface area (Å²) < 4.78 is 5.64. The summed E-state index contributed by atoms with van der Waals surface area (Å²) >= 11 is 6.12. The molecule has 3 N–H and O–H groups in total. The molecule has 6 heteroatoms. The number of nitrogens with one attached hydrogen (secondary N) is 1. The Morgan fingerprint density at radius 3 is 2.88 bits per heavy atom. The average molecular weight is 346 g/mol. The largest absolute Gasteiger partial charge is 0.490 e. The van der Waals surface area contributed by atoms with Gasteiger partial charge in [-0.25, -0.2) is 0 Å². The zero-order valence-electron chi connectivity index (χ0n) is 13.7. The Labute approximate surface area is 146 Å². The van der Waals surface area contributed by atoms with E-state index in [4.69, 9.17) is 22.1 Å². The first-order valence-corrected chi connectivity index (χ1v) is 8.19. The van der Waals surface area contributed by atoms with E-state index in [1.807, 2.05) is 43.0 Å². The van der Waals surface area contributed by atoms with Gasteiger partial charge in [-0.1, -0.05) is 17.7 Å². The van der Waals surface area contributed by atoms with Crippen molar-refractivity contribution in [2.75, 3.05) is 29.1 Å². The minimum Gasteiger partial charge on any atom is -0.490 e. The number of nitrogens with zero attached hydrogens (tertiary/aromatic N) is 1. The van der Waals surface area contributed by atoms with E-state index in [1.54, 1.807) is 12.1 Å². The quantitative estimate of drug-likeness (QED) is 0.836. The molecule has 2 aromatic rings. The zero-order valence-corrected chi connectivity index (χ0v) is 14.4. The molecule has 0 aliphatic carbocycles. The van der Waals surface area contributed by atoms with Gasteiger partial charge in [0.1, 0.15) is 18.4 Å². The van der Waals surface area contributed by atoms with Crippen molar-refractivity contribution in [3.63, 3.8) is 0 Å². The Balaban J connectivity index is 1.79. The topological polar surface area (TPSA) is 67.6 Å². The summed E-state index contributed by atoms with van der Waals surface area (Å²) in [6, 6.07) is 10.6. The SMILES string of the molecule is Cc1ccc(NC(=O)C(C)N2CCOc3ccc(N)cc32)cc1Cl. The van der Waals surface area contributed by atoms with E-state index in [2.05, 4.69) is 5.32 Å². The van der Waals surface area contributed by atoms with E-state index in [0.29, 0.717) is 29.5 Å². The molecule has 0 aromatic heterocycles. The molecule has 5 nitrogen and oxygen atoms in total. The van der Waals surface area contributed by atoms with Gasteiger partial charge >= 0.3 is 0 Å². The zero-order chi connectivity index (χ0) is 17.3. The molecule has 0 spiro atoms. The van der Waals surface area contributed by atoms with Crippen molar-refractivity contribution in [1.82, 2.24) is 0 Å². The van der Waals surface area contributed by atoms with Crippen molar-refractivity contribution in [3.05, 3.63) is 47.0 Å². The second kappa shape index (κ2) is 6.61. The van der Waals surface area contributed by atoms with Crippen molar-refractivity contribution in [3.8, 4) is 5.75 Å². The van der Waals surface area contributed by atoms with Gasteiger partial charge in [-0.3, -0.25) is 4.79 Å². The number of carbonyl (C=O) groups is 1. The molecule has 0 saturated heterocycles. The molecular formula is C18H20ClN3O2. The second-order valence-corrected chi connectivity index (χ2v) is 6.31. The highest BCUT2D eigenvalue weighted by molar-refractivity contribution is 6.31. The summed E-state index contributed by atoms with van der Waals surface area (Å²) in [6.07, 6.45) is 0. The maximum Gasteiger partial charge on any atom is 0.246 e. The Bertz CT molecular complexity index is 779. The number of hydrogen-bond donors (Lipinski definition) is 2. The van der Waals surface area contributed by atoms with Crippen LogP contribution in [-0.4, -0.2) is 25.1 Å². The lowest BCUT2D eigenvalue weighted by Gasteiger charge is -2.35. The smallest absolute Gasteiger partial charge is 0.246 e. The van der Waals surface area contributed by atoms with Crippen LogP contribution in [0.25, 0.3) is 0 Å². The number of nitrogen functional groups attached to an aromatic ring is 1. The number of hydrogen-bond acceptors (Lipinski definition) is 4. The highest BCUT2D eigenvalue weighted by Gasteiger charge is 2.27. The van der Waals surface area contributed by atoms with Crippen LogP contribution in [0.3, 0.4) is 0 Å². The fraction of sp³-hybridized carbons (Fsp3) is 0.278. The number of aryl methyl sites for hydroxylation is 1. The van der Waals surface area contributed by atoms with Crippen molar-refractivity contribution in [2.24, 2.45) is 0 Å².